The van der Waals surface area contributed by atoms with E-state index in [-0.39, 0.29) is 28.9 Å². The number of carbonyl (C=O) groups is 1. The van der Waals surface area contributed by atoms with Crippen LogP contribution in [0.4, 0.5) is 19.0 Å². The second-order valence-corrected chi connectivity index (χ2v) is 6.69. The zero-order chi connectivity index (χ0) is 22.4. The number of aliphatic imine (C=N–C) groups is 1. The van der Waals surface area contributed by atoms with E-state index in [2.05, 4.69) is 25.8 Å². The summed E-state index contributed by atoms with van der Waals surface area (Å²) in [4.78, 5) is 16.9. The number of ether oxygens (including phenoxy) is 1. The number of rotatable bonds is 6. The van der Waals surface area contributed by atoms with E-state index in [0.717, 1.165) is 18.2 Å². The molecule has 2 aromatic carbocycles. The SMILES string of the molecule is COC[C@H](C)N=C(NC(=O)c1ccc(F)cc1)Nc1cc(-c2cc(F)cc(F)c2)[nH]n1. The molecule has 10 heteroatoms. The highest BCUT2D eigenvalue weighted by Crippen LogP contribution is 2.22. The predicted octanol–water partition coefficient (Wildman–Crippen LogP) is 3.73. The minimum absolute atomic E-state index is 0.0716. The molecule has 0 spiro atoms. The molecule has 3 rings (SSSR count). The number of nitrogens with zero attached hydrogens (tertiary/aromatic N) is 2. The van der Waals surface area contributed by atoms with E-state index in [1.165, 1.54) is 37.4 Å². The van der Waals surface area contributed by atoms with Crippen LogP contribution in [0.25, 0.3) is 11.3 Å². The van der Waals surface area contributed by atoms with E-state index >= 15 is 0 Å². The zero-order valence-corrected chi connectivity index (χ0v) is 16.7. The summed E-state index contributed by atoms with van der Waals surface area (Å²) in [5.41, 5.74) is 0.850. The van der Waals surface area contributed by atoms with Gasteiger partial charge in [0.1, 0.15) is 17.5 Å². The summed E-state index contributed by atoms with van der Waals surface area (Å²) in [5, 5.41) is 12.2. The van der Waals surface area contributed by atoms with E-state index in [1.54, 1.807) is 6.92 Å². The van der Waals surface area contributed by atoms with Crippen LogP contribution in [0.15, 0.2) is 53.5 Å². The topological polar surface area (TPSA) is 91.4 Å². The number of benzene rings is 2. The lowest BCUT2D eigenvalue weighted by molar-refractivity contribution is 0.0976. The summed E-state index contributed by atoms with van der Waals surface area (Å²) in [6.45, 7) is 2.08. The van der Waals surface area contributed by atoms with Crippen molar-refractivity contribution in [1.82, 2.24) is 15.5 Å². The highest BCUT2D eigenvalue weighted by Gasteiger charge is 2.13. The number of hydrogen-bond acceptors (Lipinski definition) is 4. The molecule has 0 saturated carbocycles. The number of carbonyl (C=O) groups excluding carboxylic acids is 1. The molecular weight excluding hydrogens is 411 g/mol. The van der Waals surface area contributed by atoms with Gasteiger partial charge in [0, 0.05) is 30.4 Å². The molecule has 0 aliphatic rings. The average molecular weight is 431 g/mol. The maximum atomic E-state index is 13.5. The maximum Gasteiger partial charge on any atom is 0.257 e. The third-order valence-corrected chi connectivity index (χ3v) is 4.09. The number of amides is 1. The standard InChI is InChI=1S/C21H20F3N5O2/c1-12(11-31-2)25-21(27-20(30)13-3-5-15(22)6-4-13)26-19-10-18(28-29-19)14-7-16(23)9-17(24)8-14/h3-10,12H,11H2,1-2H3,(H3,25,26,27,28,29,30)/t12-/m0/s1. The summed E-state index contributed by atoms with van der Waals surface area (Å²) in [6.07, 6.45) is 0. The van der Waals surface area contributed by atoms with Crippen LogP contribution in [-0.2, 0) is 4.74 Å². The molecule has 162 valence electrons. The van der Waals surface area contributed by atoms with Crippen LogP contribution in [0.5, 0.6) is 0 Å². The molecular formula is C21H20F3N5O2. The number of halogens is 3. The Morgan fingerprint density at radius 2 is 1.77 bits per heavy atom. The Morgan fingerprint density at radius 3 is 2.42 bits per heavy atom. The van der Waals surface area contributed by atoms with Gasteiger partial charge in [-0.05, 0) is 43.3 Å². The van der Waals surface area contributed by atoms with E-state index in [4.69, 9.17) is 4.74 Å². The summed E-state index contributed by atoms with van der Waals surface area (Å²) in [7, 11) is 1.52. The lowest BCUT2D eigenvalue weighted by Gasteiger charge is -2.13. The Hall–Kier alpha value is -3.66. The molecule has 0 saturated heterocycles. The van der Waals surface area contributed by atoms with Gasteiger partial charge in [-0.15, -0.1) is 0 Å². The van der Waals surface area contributed by atoms with Gasteiger partial charge < -0.3 is 10.1 Å². The number of H-pyrrole nitrogens is 1. The summed E-state index contributed by atoms with van der Waals surface area (Å²) in [5.74, 6) is -2.10. The van der Waals surface area contributed by atoms with Crippen molar-refractivity contribution in [3.8, 4) is 11.3 Å². The highest BCUT2D eigenvalue weighted by atomic mass is 19.1. The van der Waals surface area contributed by atoms with Crippen molar-refractivity contribution in [2.24, 2.45) is 4.99 Å². The number of methoxy groups -OCH3 is 1. The molecule has 31 heavy (non-hydrogen) atoms. The lowest BCUT2D eigenvalue weighted by atomic mass is 10.1. The molecule has 3 aromatic rings. The molecule has 0 radical (unpaired) electrons. The van der Waals surface area contributed by atoms with Gasteiger partial charge in [-0.1, -0.05) is 0 Å². The van der Waals surface area contributed by atoms with Gasteiger partial charge in [-0.3, -0.25) is 15.2 Å². The van der Waals surface area contributed by atoms with Crippen LogP contribution < -0.4 is 10.6 Å². The molecule has 1 amide bonds. The Kier molecular flexibility index (Phi) is 7.03. The molecule has 3 N–H and O–H groups in total. The van der Waals surface area contributed by atoms with Crippen LogP contribution in [-0.4, -0.2) is 41.8 Å². The molecule has 0 aliphatic heterocycles. The number of nitrogens with one attached hydrogen (secondary N) is 3. The first-order chi connectivity index (χ1) is 14.8. The first-order valence-electron chi connectivity index (χ1n) is 9.26. The van der Waals surface area contributed by atoms with Crippen molar-refractivity contribution in [2.45, 2.75) is 13.0 Å². The van der Waals surface area contributed by atoms with E-state index < -0.39 is 23.4 Å². The van der Waals surface area contributed by atoms with E-state index in [0.29, 0.717) is 12.3 Å². The van der Waals surface area contributed by atoms with Crippen molar-refractivity contribution >= 4 is 17.7 Å². The number of anilines is 1. The first kappa shape index (κ1) is 22.0. The van der Waals surface area contributed by atoms with Crippen molar-refractivity contribution in [3.63, 3.8) is 0 Å². The Labute approximate surface area is 176 Å². The fourth-order valence-corrected chi connectivity index (χ4v) is 2.74. The third kappa shape index (κ3) is 6.16. The lowest BCUT2D eigenvalue weighted by Crippen LogP contribution is -2.37. The summed E-state index contributed by atoms with van der Waals surface area (Å²) in [6, 6.07) is 9.31. The number of aromatic nitrogens is 2. The number of aromatic amines is 1. The predicted molar refractivity (Wildman–Crippen MR) is 110 cm³/mol. The van der Waals surface area contributed by atoms with Crippen molar-refractivity contribution in [3.05, 3.63) is 71.5 Å². The third-order valence-electron chi connectivity index (χ3n) is 4.09. The van der Waals surface area contributed by atoms with Crippen LogP contribution >= 0.6 is 0 Å². The molecule has 0 fully saturated rings. The van der Waals surface area contributed by atoms with Gasteiger partial charge in [0.15, 0.2) is 5.82 Å². The van der Waals surface area contributed by atoms with E-state index in [1.807, 2.05) is 0 Å². The second-order valence-electron chi connectivity index (χ2n) is 6.69. The van der Waals surface area contributed by atoms with Crippen molar-refractivity contribution in [1.29, 1.82) is 0 Å². The summed E-state index contributed by atoms with van der Waals surface area (Å²) >= 11 is 0. The van der Waals surface area contributed by atoms with Gasteiger partial charge in [-0.25, -0.2) is 18.2 Å². The van der Waals surface area contributed by atoms with Gasteiger partial charge in [0.2, 0.25) is 5.96 Å². The number of hydrogen-bond donors (Lipinski definition) is 3. The molecule has 1 heterocycles. The molecule has 7 nitrogen and oxygen atoms in total. The normalized spacial score (nSPS) is 12.5. The van der Waals surface area contributed by atoms with Crippen LogP contribution in [0.2, 0.25) is 0 Å². The Balaban J connectivity index is 1.81. The smallest absolute Gasteiger partial charge is 0.257 e. The minimum Gasteiger partial charge on any atom is -0.382 e. The molecule has 1 aromatic heterocycles. The van der Waals surface area contributed by atoms with Gasteiger partial charge >= 0.3 is 0 Å². The summed E-state index contributed by atoms with van der Waals surface area (Å²) < 4.78 is 45.1. The van der Waals surface area contributed by atoms with Crippen LogP contribution in [0.3, 0.4) is 0 Å². The van der Waals surface area contributed by atoms with Gasteiger partial charge in [0.25, 0.3) is 5.91 Å². The largest absolute Gasteiger partial charge is 0.382 e. The fourth-order valence-electron chi connectivity index (χ4n) is 2.74. The molecule has 0 bridgehead atoms. The molecule has 1 atom stereocenters. The Bertz CT molecular complexity index is 1060. The average Bonchev–Trinajstić information content (AvgIpc) is 3.16. The zero-order valence-electron chi connectivity index (χ0n) is 16.7. The quantitative estimate of drug-likeness (QED) is 0.410. The van der Waals surface area contributed by atoms with Crippen molar-refractivity contribution in [2.75, 3.05) is 19.0 Å². The van der Waals surface area contributed by atoms with Crippen molar-refractivity contribution < 1.29 is 22.7 Å². The van der Waals surface area contributed by atoms with E-state index in [9.17, 15) is 18.0 Å². The molecule has 0 unspecified atom stereocenters. The highest BCUT2D eigenvalue weighted by molar-refractivity contribution is 6.09. The second kappa shape index (κ2) is 9.90. The minimum atomic E-state index is -0.721. The number of guanidine groups is 1. The first-order valence-corrected chi connectivity index (χ1v) is 9.26. The van der Waals surface area contributed by atoms with Crippen LogP contribution in [0, 0.1) is 17.5 Å². The Morgan fingerprint density at radius 1 is 1.10 bits per heavy atom. The van der Waals surface area contributed by atoms with Gasteiger partial charge in [-0.2, -0.15) is 5.10 Å². The van der Waals surface area contributed by atoms with Crippen LogP contribution in [0.1, 0.15) is 17.3 Å². The monoisotopic (exact) mass is 431 g/mol. The van der Waals surface area contributed by atoms with Gasteiger partial charge in [0.05, 0.1) is 18.3 Å². The fraction of sp³-hybridized carbons (Fsp3) is 0.190. The molecule has 0 aliphatic carbocycles. The maximum absolute atomic E-state index is 13.5.